The Hall–Kier alpha value is -2.82. The SMILES string of the molecule is O=C([O-])Cc1ccc(NC(=O)c2ccccc2O)cc1. The van der Waals surface area contributed by atoms with Gasteiger partial charge in [0, 0.05) is 18.1 Å². The van der Waals surface area contributed by atoms with Gasteiger partial charge in [0.1, 0.15) is 5.75 Å². The topological polar surface area (TPSA) is 89.5 Å². The molecule has 5 nitrogen and oxygen atoms in total. The van der Waals surface area contributed by atoms with Crippen LogP contribution in [0.4, 0.5) is 5.69 Å². The Bertz CT molecular complexity index is 635. The number of para-hydroxylation sites is 1. The van der Waals surface area contributed by atoms with Gasteiger partial charge in [-0.15, -0.1) is 0 Å². The number of rotatable bonds is 4. The molecule has 1 amide bonds. The first-order chi connectivity index (χ1) is 9.56. The molecule has 0 heterocycles. The van der Waals surface area contributed by atoms with E-state index in [9.17, 15) is 19.8 Å². The van der Waals surface area contributed by atoms with E-state index in [-0.39, 0.29) is 17.7 Å². The van der Waals surface area contributed by atoms with Gasteiger partial charge in [-0.2, -0.15) is 0 Å². The first kappa shape index (κ1) is 13.6. The Morgan fingerprint density at radius 1 is 1.05 bits per heavy atom. The molecule has 0 saturated carbocycles. The lowest BCUT2D eigenvalue weighted by atomic mass is 10.1. The van der Waals surface area contributed by atoms with Crippen molar-refractivity contribution in [2.75, 3.05) is 5.32 Å². The molecule has 0 radical (unpaired) electrons. The summed E-state index contributed by atoms with van der Waals surface area (Å²) in [5, 5.41) is 22.6. The molecule has 0 saturated heterocycles. The van der Waals surface area contributed by atoms with Gasteiger partial charge in [0.25, 0.3) is 5.91 Å². The van der Waals surface area contributed by atoms with Crippen LogP contribution in [0.15, 0.2) is 48.5 Å². The van der Waals surface area contributed by atoms with Crippen molar-refractivity contribution < 1.29 is 19.8 Å². The molecule has 5 heteroatoms. The summed E-state index contributed by atoms with van der Waals surface area (Å²) in [4.78, 5) is 22.4. The molecule has 0 aliphatic rings. The van der Waals surface area contributed by atoms with E-state index in [0.717, 1.165) is 0 Å². The lowest BCUT2D eigenvalue weighted by Crippen LogP contribution is -2.24. The summed E-state index contributed by atoms with van der Waals surface area (Å²) in [6.07, 6.45) is -0.173. The van der Waals surface area contributed by atoms with Crippen molar-refractivity contribution in [3.8, 4) is 5.75 Å². The Labute approximate surface area is 115 Å². The van der Waals surface area contributed by atoms with Crippen LogP contribution in [0.2, 0.25) is 0 Å². The fourth-order valence-corrected chi connectivity index (χ4v) is 1.74. The fraction of sp³-hybridized carbons (Fsp3) is 0.0667. The first-order valence-corrected chi connectivity index (χ1v) is 5.94. The molecule has 0 unspecified atom stereocenters. The van der Waals surface area contributed by atoms with Gasteiger partial charge in [-0.1, -0.05) is 24.3 Å². The maximum atomic E-state index is 11.9. The molecule has 2 aromatic carbocycles. The highest BCUT2D eigenvalue weighted by Crippen LogP contribution is 2.18. The quantitative estimate of drug-likeness (QED) is 0.865. The first-order valence-electron chi connectivity index (χ1n) is 5.94. The van der Waals surface area contributed by atoms with Gasteiger partial charge < -0.3 is 20.3 Å². The van der Waals surface area contributed by atoms with Gasteiger partial charge in [-0.05, 0) is 29.8 Å². The number of phenols is 1. The van der Waals surface area contributed by atoms with Crippen molar-refractivity contribution in [2.45, 2.75) is 6.42 Å². The Kier molecular flexibility index (Phi) is 4.00. The number of carbonyl (C=O) groups is 2. The van der Waals surface area contributed by atoms with Gasteiger partial charge in [-0.3, -0.25) is 4.79 Å². The molecule has 0 fully saturated rings. The molecule has 0 spiro atoms. The minimum atomic E-state index is -1.16. The van der Waals surface area contributed by atoms with Crippen LogP contribution < -0.4 is 10.4 Å². The van der Waals surface area contributed by atoms with Gasteiger partial charge in [0.15, 0.2) is 0 Å². The molecule has 0 aliphatic carbocycles. The number of carboxylic acid groups (broad SMARTS) is 1. The highest BCUT2D eigenvalue weighted by atomic mass is 16.4. The summed E-state index contributed by atoms with van der Waals surface area (Å²) >= 11 is 0. The van der Waals surface area contributed by atoms with E-state index in [1.54, 1.807) is 36.4 Å². The number of hydrogen-bond acceptors (Lipinski definition) is 4. The number of nitrogens with one attached hydrogen (secondary N) is 1. The van der Waals surface area contributed by atoms with Crippen molar-refractivity contribution >= 4 is 17.6 Å². The Balaban J connectivity index is 2.09. The van der Waals surface area contributed by atoms with E-state index in [1.807, 2.05) is 0 Å². The van der Waals surface area contributed by atoms with E-state index < -0.39 is 11.9 Å². The van der Waals surface area contributed by atoms with Crippen LogP contribution in [0.25, 0.3) is 0 Å². The standard InChI is InChI=1S/C15H13NO4/c17-13-4-2-1-3-12(13)15(20)16-11-7-5-10(6-8-11)9-14(18)19/h1-8,17H,9H2,(H,16,20)(H,18,19)/p-1. The average molecular weight is 270 g/mol. The van der Waals surface area contributed by atoms with E-state index in [0.29, 0.717) is 11.3 Å². The van der Waals surface area contributed by atoms with E-state index in [1.165, 1.54) is 12.1 Å². The minimum Gasteiger partial charge on any atom is -0.550 e. The number of phenolic OH excluding ortho intramolecular Hbond substituents is 1. The van der Waals surface area contributed by atoms with Crippen molar-refractivity contribution in [3.63, 3.8) is 0 Å². The van der Waals surface area contributed by atoms with Gasteiger partial charge >= 0.3 is 0 Å². The number of carboxylic acids is 1. The zero-order valence-electron chi connectivity index (χ0n) is 10.5. The van der Waals surface area contributed by atoms with Gasteiger partial charge in [-0.25, -0.2) is 0 Å². The average Bonchev–Trinajstić information content (AvgIpc) is 2.41. The zero-order chi connectivity index (χ0) is 14.5. The molecular weight excluding hydrogens is 258 g/mol. The molecule has 20 heavy (non-hydrogen) atoms. The summed E-state index contributed by atoms with van der Waals surface area (Å²) in [7, 11) is 0. The fourth-order valence-electron chi connectivity index (χ4n) is 1.74. The summed E-state index contributed by atoms with van der Waals surface area (Å²) < 4.78 is 0. The normalized spacial score (nSPS) is 10.0. The molecular formula is C15H12NO4-. The molecule has 0 aromatic heterocycles. The monoisotopic (exact) mass is 270 g/mol. The lowest BCUT2D eigenvalue weighted by Gasteiger charge is -2.08. The number of anilines is 1. The largest absolute Gasteiger partial charge is 0.550 e. The summed E-state index contributed by atoms with van der Waals surface area (Å²) in [6, 6.07) is 12.6. The second-order valence-electron chi connectivity index (χ2n) is 4.22. The second kappa shape index (κ2) is 5.88. The highest BCUT2D eigenvalue weighted by Gasteiger charge is 2.10. The molecule has 102 valence electrons. The third-order valence-electron chi connectivity index (χ3n) is 2.71. The maximum absolute atomic E-state index is 11.9. The summed E-state index contributed by atoms with van der Waals surface area (Å²) in [5.74, 6) is -1.69. The third-order valence-corrected chi connectivity index (χ3v) is 2.71. The van der Waals surface area contributed by atoms with E-state index in [4.69, 9.17) is 0 Å². The summed E-state index contributed by atoms with van der Waals surface area (Å²) in [5.41, 5.74) is 1.28. The second-order valence-corrected chi connectivity index (χ2v) is 4.22. The minimum absolute atomic E-state index is 0.0985. The van der Waals surface area contributed by atoms with Crippen LogP contribution in [0.1, 0.15) is 15.9 Å². The third kappa shape index (κ3) is 3.35. The van der Waals surface area contributed by atoms with Gasteiger partial charge in [0.2, 0.25) is 0 Å². The van der Waals surface area contributed by atoms with Crippen LogP contribution >= 0.6 is 0 Å². The van der Waals surface area contributed by atoms with E-state index in [2.05, 4.69) is 5.32 Å². The number of aromatic hydroxyl groups is 1. The van der Waals surface area contributed by atoms with Crippen LogP contribution in [0.5, 0.6) is 5.75 Å². The number of aliphatic carboxylic acids is 1. The molecule has 0 aliphatic heterocycles. The van der Waals surface area contributed by atoms with Gasteiger partial charge in [0.05, 0.1) is 5.56 Å². The smallest absolute Gasteiger partial charge is 0.259 e. The van der Waals surface area contributed by atoms with E-state index >= 15 is 0 Å². The zero-order valence-corrected chi connectivity index (χ0v) is 10.5. The molecule has 0 atom stereocenters. The maximum Gasteiger partial charge on any atom is 0.259 e. The number of amides is 1. The Morgan fingerprint density at radius 2 is 1.70 bits per heavy atom. The number of hydrogen-bond donors (Lipinski definition) is 2. The lowest BCUT2D eigenvalue weighted by molar-refractivity contribution is -0.304. The van der Waals surface area contributed by atoms with Crippen molar-refractivity contribution in [3.05, 3.63) is 59.7 Å². The summed E-state index contributed by atoms with van der Waals surface area (Å²) in [6.45, 7) is 0. The number of carbonyl (C=O) groups excluding carboxylic acids is 2. The van der Waals surface area contributed by atoms with Crippen molar-refractivity contribution in [2.24, 2.45) is 0 Å². The predicted octanol–water partition coefficient (Wildman–Crippen LogP) is 0.937. The van der Waals surface area contributed by atoms with Crippen molar-refractivity contribution in [1.82, 2.24) is 0 Å². The van der Waals surface area contributed by atoms with Crippen LogP contribution in [0.3, 0.4) is 0 Å². The van der Waals surface area contributed by atoms with Crippen LogP contribution in [-0.2, 0) is 11.2 Å². The molecule has 0 bridgehead atoms. The van der Waals surface area contributed by atoms with Crippen LogP contribution in [-0.4, -0.2) is 17.0 Å². The molecule has 2 N–H and O–H groups in total. The van der Waals surface area contributed by atoms with Crippen molar-refractivity contribution in [1.29, 1.82) is 0 Å². The molecule has 2 aromatic rings. The molecule has 2 rings (SSSR count). The Morgan fingerprint density at radius 3 is 2.30 bits per heavy atom. The predicted molar refractivity (Wildman–Crippen MR) is 71.2 cm³/mol. The number of benzene rings is 2. The van der Waals surface area contributed by atoms with Crippen LogP contribution in [0, 0.1) is 0 Å². The highest BCUT2D eigenvalue weighted by molar-refractivity contribution is 6.06.